The summed E-state index contributed by atoms with van der Waals surface area (Å²) in [5.41, 5.74) is 7.67. The number of aromatic nitrogens is 1. The fourth-order valence-corrected chi connectivity index (χ4v) is 1.56. The van der Waals surface area contributed by atoms with Crippen molar-refractivity contribution in [1.82, 2.24) is 5.16 Å². The summed E-state index contributed by atoms with van der Waals surface area (Å²) < 4.78 is 10.3. The van der Waals surface area contributed by atoms with E-state index in [1.807, 2.05) is 37.3 Å². The van der Waals surface area contributed by atoms with Crippen LogP contribution < -0.4 is 10.5 Å². The molecule has 0 saturated heterocycles. The first-order valence-electron chi connectivity index (χ1n) is 5.61. The number of methoxy groups -OCH3 is 1. The van der Waals surface area contributed by atoms with Crippen LogP contribution in [0.1, 0.15) is 25.1 Å². The molecule has 0 bridgehead atoms. The number of hydrogen-bond donors (Lipinski definition) is 1. The van der Waals surface area contributed by atoms with Gasteiger partial charge in [-0.15, -0.1) is 0 Å². The minimum absolute atomic E-state index is 0.0884. The smallest absolute Gasteiger partial charge is 0.154 e. The molecule has 1 aromatic carbocycles. The predicted molar refractivity (Wildman–Crippen MR) is 65.7 cm³/mol. The van der Waals surface area contributed by atoms with Crippen molar-refractivity contribution >= 4 is 0 Å². The normalized spacial score (nSPS) is 12.4. The molecule has 2 rings (SSSR count). The van der Waals surface area contributed by atoms with Gasteiger partial charge in [-0.25, -0.2) is 0 Å². The fraction of sp³-hybridized carbons (Fsp3) is 0.308. The highest BCUT2D eigenvalue weighted by molar-refractivity contribution is 5.59. The quantitative estimate of drug-likeness (QED) is 0.880. The van der Waals surface area contributed by atoms with Crippen LogP contribution in [0.3, 0.4) is 0 Å². The van der Waals surface area contributed by atoms with Gasteiger partial charge < -0.3 is 15.0 Å². The lowest BCUT2D eigenvalue weighted by Gasteiger charge is -2.01. The molecule has 2 N–H and O–H groups in total. The van der Waals surface area contributed by atoms with E-state index in [0.717, 1.165) is 29.2 Å². The van der Waals surface area contributed by atoms with Gasteiger partial charge in [-0.05, 0) is 30.7 Å². The summed E-state index contributed by atoms with van der Waals surface area (Å²) in [6, 6.07) is 9.47. The van der Waals surface area contributed by atoms with Crippen molar-refractivity contribution < 1.29 is 9.26 Å². The van der Waals surface area contributed by atoms with Crippen LogP contribution in [0.2, 0.25) is 0 Å². The molecule has 0 aliphatic carbocycles. The van der Waals surface area contributed by atoms with Gasteiger partial charge in [0.25, 0.3) is 0 Å². The van der Waals surface area contributed by atoms with E-state index < -0.39 is 0 Å². The summed E-state index contributed by atoms with van der Waals surface area (Å²) in [6.45, 7) is 2.01. The first-order chi connectivity index (χ1) is 8.24. The van der Waals surface area contributed by atoms with Crippen molar-refractivity contribution in [1.29, 1.82) is 0 Å². The third-order valence-electron chi connectivity index (χ3n) is 2.72. The molecular formula is C13H16N2O2. The molecule has 0 amide bonds. The average molecular weight is 232 g/mol. The fourth-order valence-electron chi connectivity index (χ4n) is 1.56. The van der Waals surface area contributed by atoms with E-state index >= 15 is 0 Å². The standard InChI is InChI=1S/C13H16N2O2/c1-3-11(14)13-8-12(15-17-13)9-4-6-10(16-2)7-5-9/h4-8,11H,3,14H2,1-2H3. The zero-order chi connectivity index (χ0) is 12.3. The molecule has 1 heterocycles. The van der Waals surface area contributed by atoms with E-state index in [9.17, 15) is 0 Å². The summed E-state index contributed by atoms with van der Waals surface area (Å²) in [5.74, 6) is 1.54. The van der Waals surface area contributed by atoms with Crippen molar-refractivity contribution in [3.63, 3.8) is 0 Å². The van der Waals surface area contributed by atoms with Crippen molar-refractivity contribution in [2.75, 3.05) is 7.11 Å². The van der Waals surface area contributed by atoms with E-state index in [1.54, 1.807) is 7.11 Å². The van der Waals surface area contributed by atoms with Crippen molar-refractivity contribution in [3.8, 4) is 17.0 Å². The minimum Gasteiger partial charge on any atom is -0.497 e. The number of rotatable bonds is 4. The molecule has 4 nitrogen and oxygen atoms in total. The Labute approximate surface area is 100 Å². The van der Waals surface area contributed by atoms with Gasteiger partial charge >= 0.3 is 0 Å². The van der Waals surface area contributed by atoms with Gasteiger partial charge in [0, 0.05) is 11.6 Å². The molecule has 0 aliphatic rings. The Balaban J connectivity index is 2.24. The Hall–Kier alpha value is -1.81. The van der Waals surface area contributed by atoms with Gasteiger partial charge in [0.1, 0.15) is 11.4 Å². The lowest BCUT2D eigenvalue weighted by atomic mass is 10.1. The van der Waals surface area contributed by atoms with Gasteiger partial charge in [-0.2, -0.15) is 0 Å². The number of ether oxygens (including phenoxy) is 1. The molecular weight excluding hydrogens is 216 g/mol. The molecule has 2 aromatic rings. The summed E-state index contributed by atoms with van der Waals surface area (Å²) in [7, 11) is 1.64. The molecule has 90 valence electrons. The molecule has 0 spiro atoms. The minimum atomic E-state index is -0.0884. The third kappa shape index (κ3) is 2.47. The first-order valence-corrected chi connectivity index (χ1v) is 5.61. The van der Waals surface area contributed by atoms with Crippen molar-refractivity contribution in [3.05, 3.63) is 36.1 Å². The van der Waals surface area contributed by atoms with Gasteiger partial charge in [0.15, 0.2) is 5.76 Å². The lowest BCUT2D eigenvalue weighted by molar-refractivity contribution is 0.360. The van der Waals surface area contributed by atoms with E-state index in [4.69, 9.17) is 15.0 Å². The maximum absolute atomic E-state index is 5.88. The van der Waals surface area contributed by atoms with Crippen LogP contribution >= 0.6 is 0 Å². The topological polar surface area (TPSA) is 61.3 Å². The first kappa shape index (κ1) is 11.7. The van der Waals surface area contributed by atoms with Gasteiger partial charge in [-0.1, -0.05) is 12.1 Å². The Morgan fingerprint density at radius 2 is 2.06 bits per heavy atom. The number of nitrogens with zero attached hydrogens (tertiary/aromatic N) is 1. The van der Waals surface area contributed by atoms with Crippen LogP contribution in [0, 0.1) is 0 Å². The Morgan fingerprint density at radius 1 is 1.35 bits per heavy atom. The molecule has 17 heavy (non-hydrogen) atoms. The Morgan fingerprint density at radius 3 is 2.65 bits per heavy atom. The highest BCUT2D eigenvalue weighted by Crippen LogP contribution is 2.24. The lowest BCUT2D eigenvalue weighted by Crippen LogP contribution is -2.06. The predicted octanol–water partition coefficient (Wildman–Crippen LogP) is 2.76. The zero-order valence-corrected chi connectivity index (χ0v) is 10.0. The molecule has 0 fully saturated rings. The van der Waals surface area contributed by atoms with Crippen LogP contribution in [-0.4, -0.2) is 12.3 Å². The monoisotopic (exact) mass is 232 g/mol. The average Bonchev–Trinajstić information content (AvgIpc) is 2.87. The van der Waals surface area contributed by atoms with Crippen molar-refractivity contribution in [2.24, 2.45) is 5.73 Å². The van der Waals surface area contributed by atoms with Crippen LogP contribution in [0.5, 0.6) is 5.75 Å². The number of hydrogen-bond acceptors (Lipinski definition) is 4. The molecule has 0 saturated carbocycles. The van der Waals surface area contributed by atoms with Crippen LogP contribution in [-0.2, 0) is 0 Å². The van der Waals surface area contributed by atoms with E-state index in [2.05, 4.69) is 5.16 Å². The van der Waals surface area contributed by atoms with Gasteiger partial charge in [-0.3, -0.25) is 0 Å². The molecule has 1 atom stereocenters. The highest BCUT2D eigenvalue weighted by Gasteiger charge is 2.11. The summed E-state index contributed by atoms with van der Waals surface area (Å²) in [5, 5.41) is 4.02. The van der Waals surface area contributed by atoms with E-state index in [0.29, 0.717) is 0 Å². The number of benzene rings is 1. The van der Waals surface area contributed by atoms with E-state index in [-0.39, 0.29) is 6.04 Å². The maximum atomic E-state index is 5.88. The molecule has 1 aromatic heterocycles. The second-order valence-electron chi connectivity index (χ2n) is 3.86. The molecule has 4 heteroatoms. The van der Waals surface area contributed by atoms with E-state index in [1.165, 1.54) is 0 Å². The SMILES string of the molecule is CCC(N)c1cc(-c2ccc(OC)cc2)no1. The van der Waals surface area contributed by atoms with Crippen molar-refractivity contribution in [2.45, 2.75) is 19.4 Å². The molecule has 1 unspecified atom stereocenters. The largest absolute Gasteiger partial charge is 0.497 e. The third-order valence-corrected chi connectivity index (χ3v) is 2.72. The summed E-state index contributed by atoms with van der Waals surface area (Å²) in [4.78, 5) is 0. The van der Waals surface area contributed by atoms with Gasteiger partial charge in [0.05, 0.1) is 13.2 Å². The zero-order valence-electron chi connectivity index (χ0n) is 10.0. The van der Waals surface area contributed by atoms with Crippen LogP contribution in [0.15, 0.2) is 34.9 Å². The Bertz CT molecular complexity index is 476. The Kier molecular flexibility index (Phi) is 3.44. The number of nitrogens with two attached hydrogens (primary N) is 1. The van der Waals surface area contributed by atoms with Crippen LogP contribution in [0.4, 0.5) is 0 Å². The molecule has 0 radical (unpaired) electrons. The van der Waals surface area contributed by atoms with Gasteiger partial charge in [0.2, 0.25) is 0 Å². The molecule has 0 aliphatic heterocycles. The second kappa shape index (κ2) is 5.01. The second-order valence-corrected chi connectivity index (χ2v) is 3.86. The van der Waals surface area contributed by atoms with Crippen LogP contribution in [0.25, 0.3) is 11.3 Å². The maximum Gasteiger partial charge on any atom is 0.154 e. The summed E-state index contributed by atoms with van der Waals surface area (Å²) >= 11 is 0. The highest BCUT2D eigenvalue weighted by atomic mass is 16.5. The summed E-state index contributed by atoms with van der Waals surface area (Å²) in [6.07, 6.45) is 0.831.